The molecule has 98 valence electrons. The van der Waals surface area contributed by atoms with Gasteiger partial charge in [0.2, 0.25) is 0 Å². The Morgan fingerprint density at radius 1 is 1.05 bits per heavy atom. The summed E-state index contributed by atoms with van der Waals surface area (Å²) >= 11 is 0. The standard InChI is InChI=1S/C15H15NO3/c17-15(18)10-16-13-8-4-5-9-14(13)19-11-12-6-2-1-3-7-12/h1-9,16H,10-11H2,(H,17,18). The molecule has 19 heavy (non-hydrogen) atoms. The zero-order chi connectivity index (χ0) is 13.5. The van der Waals surface area contributed by atoms with Gasteiger partial charge in [-0.15, -0.1) is 0 Å². The van der Waals surface area contributed by atoms with Crippen molar-refractivity contribution in [2.45, 2.75) is 6.61 Å². The number of anilines is 1. The summed E-state index contributed by atoms with van der Waals surface area (Å²) in [7, 11) is 0. The Bertz CT molecular complexity index is 540. The lowest BCUT2D eigenvalue weighted by Crippen LogP contribution is -2.13. The molecule has 0 aliphatic carbocycles. The van der Waals surface area contributed by atoms with E-state index < -0.39 is 5.97 Å². The number of carboxylic acids is 1. The first kappa shape index (κ1) is 13.0. The third-order valence-corrected chi connectivity index (χ3v) is 2.55. The lowest BCUT2D eigenvalue weighted by molar-refractivity contribution is -0.134. The molecule has 0 fully saturated rings. The van der Waals surface area contributed by atoms with E-state index in [-0.39, 0.29) is 6.54 Å². The minimum Gasteiger partial charge on any atom is -0.487 e. The maximum absolute atomic E-state index is 10.6. The van der Waals surface area contributed by atoms with Crippen LogP contribution < -0.4 is 10.1 Å². The van der Waals surface area contributed by atoms with E-state index in [1.807, 2.05) is 48.5 Å². The van der Waals surface area contributed by atoms with Crippen molar-refractivity contribution < 1.29 is 14.6 Å². The summed E-state index contributed by atoms with van der Waals surface area (Å²) in [4.78, 5) is 10.6. The molecule has 2 N–H and O–H groups in total. The SMILES string of the molecule is O=C(O)CNc1ccccc1OCc1ccccc1. The van der Waals surface area contributed by atoms with Crippen molar-refractivity contribution in [2.24, 2.45) is 0 Å². The highest BCUT2D eigenvalue weighted by molar-refractivity contribution is 5.73. The molecule has 2 aromatic rings. The first-order valence-corrected chi connectivity index (χ1v) is 5.97. The zero-order valence-electron chi connectivity index (χ0n) is 10.4. The second-order valence-corrected chi connectivity index (χ2v) is 4.02. The van der Waals surface area contributed by atoms with E-state index in [1.165, 1.54) is 0 Å². The van der Waals surface area contributed by atoms with Crippen molar-refractivity contribution in [2.75, 3.05) is 11.9 Å². The molecule has 0 spiro atoms. The lowest BCUT2D eigenvalue weighted by Gasteiger charge is -2.12. The predicted molar refractivity (Wildman–Crippen MR) is 73.3 cm³/mol. The van der Waals surface area contributed by atoms with E-state index in [4.69, 9.17) is 9.84 Å². The fraction of sp³-hybridized carbons (Fsp3) is 0.133. The number of hydrogen-bond acceptors (Lipinski definition) is 3. The molecule has 0 aromatic heterocycles. The monoisotopic (exact) mass is 257 g/mol. The molecular weight excluding hydrogens is 242 g/mol. The van der Waals surface area contributed by atoms with Crippen LogP contribution in [0.1, 0.15) is 5.56 Å². The predicted octanol–water partition coefficient (Wildman–Crippen LogP) is 2.76. The zero-order valence-corrected chi connectivity index (χ0v) is 10.4. The van der Waals surface area contributed by atoms with Crippen molar-refractivity contribution >= 4 is 11.7 Å². The van der Waals surface area contributed by atoms with Crippen LogP contribution in [0.2, 0.25) is 0 Å². The summed E-state index contributed by atoms with van der Waals surface area (Å²) in [6.45, 7) is 0.318. The van der Waals surface area contributed by atoms with Gasteiger partial charge >= 0.3 is 5.97 Å². The third kappa shape index (κ3) is 4.03. The van der Waals surface area contributed by atoms with Gasteiger partial charge in [-0.2, -0.15) is 0 Å². The van der Waals surface area contributed by atoms with Gasteiger partial charge in [0.05, 0.1) is 5.69 Å². The number of nitrogens with one attached hydrogen (secondary N) is 1. The van der Waals surface area contributed by atoms with Crippen LogP contribution in [0.5, 0.6) is 5.75 Å². The lowest BCUT2D eigenvalue weighted by atomic mass is 10.2. The Morgan fingerprint density at radius 2 is 1.74 bits per heavy atom. The number of carboxylic acid groups (broad SMARTS) is 1. The second kappa shape index (κ2) is 6.44. The Morgan fingerprint density at radius 3 is 2.47 bits per heavy atom. The fourth-order valence-corrected chi connectivity index (χ4v) is 1.64. The minimum absolute atomic E-state index is 0.133. The highest BCUT2D eigenvalue weighted by Gasteiger charge is 2.04. The number of aliphatic carboxylic acids is 1. The molecule has 0 bridgehead atoms. The molecular formula is C15H15NO3. The maximum atomic E-state index is 10.6. The Labute approximate surface area is 111 Å². The van der Waals surface area contributed by atoms with Gasteiger partial charge in [0.1, 0.15) is 18.9 Å². The van der Waals surface area contributed by atoms with Crippen molar-refractivity contribution in [3.05, 3.63) is 60.2 Å². The van der Waals surface area contributed by atoms with Gasteiger partial charge in [-0.05, 0) is 17.7 Å². The van der Waals surface area contributed by atoms with E-state index in [0.29, 0.717) is 18.0 Å². The minimum atomic E-state index is -0.905. The van der Waals surface area contributed by atoms with Crippen molar-refractivity contribution in [1.29, 1.82) is 0 Å². The van der Waals surface area contributed by atoms with Crippen molar-refractivity contribution in [3.63, 3.8) is 0 Å². The number of carbonyl (C=O) groups is 1. The number of benzene rings is 2. The first-order chi connectivity index (χ1) is 9.25. The molecule has 0 aliphatic rings. The van der Waals surface area contributed by atoms with Crippen LogP contribution in [0.15, 0.2) is 54.6 Å². The molecule has 0 amide bonds. The maximum Gasteiger partial charge on any atom is 0.322 e. The Balaban J connectivity index is 2.01. The van der Waals surface area contributed by atoms with Crippen LogP contribution >= 0.6 is 0 Å². The van der Waals surface area contributed by atoms with E-state index in [9.17, 15) is 4.79 Å². The van der Waals surface area contributed by atoms with Crippen LogP contribution in [0.25, 0.3) is 0 Å². The number of rotatable bonds is 6. The van der Waals surface area contributed by atoms with Crippen molar-refractivity contribution in [3.8, 4) is 5.75 Å². The smallest absolute Gasteiger partial charge is 0.322 e. The number of para-hydroxylation sites is 2. The molecule has 0 saturated carbocycles. The van der Waals surface area contributed by atoms with E-state index >= 15 is 0 Å². The van der Waals surface area contributed by atoms with Gasteiger partial charge < -0.3 is 15.2 Å². The first-order valence-electron chi connectivity index (χ1n) is 5.97. The average Bonchev–Trinajstić information content (AvgIpc) is 2.45. The van der Waals surface area contributed by atoms with Gasteiger partial charge in [-0.1, -0.05) is 42.5 Å². The molecule has 2 rings (SSSR count). The highest BCUT2D eigenvalue weighted by atomic mass is 16.5. The summed E-state index contributed by atoms with van der Waals surface area (Å²) in [5.74, 6) is -0.259. The molecule has 0 radical (unpaired) electrons. The fourth-order valence-electron chi connectivity index (χ4n) is 1.64. The quantitative estimate of drug-likeness (QED) is 0.835. The van der Waals surface area contributed by atoms with Gasteiger partial charge in [-0.25, -0.2) is 0 Å². The van der Waals surface area contributed by atoms with Crippen LogP contribution in [0, 0.1) is 0 Å². The van der Waals surface area contributed by atoms with Crippen molar-refractivity contribution in [1.82, 2.24) is 0 Å². The molecule has 0 aliphatic heterocycles. The Hall–Kier alpha value is -2.49. The normalized spacial score (nSPS) is 9.89. The van der Waals surface area contributed by atoms with E-state index in [1.54, 1.807) is 6.07 Å². The van der Waals surface area contributed by atoms with E-state index in [2.05, 4.69) is 5.32 Å². The molecule has 4 nitrogen and oxygen atoms in total. The third-order valence-electron chi connectivity index (χ3n) is 2.55. The molecule has 0 atom stereocenters. The van der Waals surface area contributed by atoms with Crippen LogP contribution in [-0.2, 0) is 11.4 Å². The van der Waals surface area contributed by atoms with Gasteiger partial charge in [0, 0.05) is 0 Å². The summed E-state index contributed by atoms with van der Waals surface area (Å²) < 4.78 is 5.70. The average molecular weight is 257 g/mol. The van der Waals surface area contributed by atoms with Crippen LogP contribution in [0.4, 0.5) is 5.69 Å². The number of ether oxygens (including phenoxy) is 1. The molecule has 2 aromatic carbocycles. The second-order valence-electron chi connectivity index (χ2n) is 4.02. The largest absolute Gasteiger partial charge is 0.487 e. The van der Waals surface area contributed by atoms with Gasteiger partial charge in [0.25, 0.3) is 0 Å². The highest BCUT2D eigenvalue weighted by Crippen LogP contribution is 2.24. The number of hydrogen-bond donors (Lipinski definition) is 2. The molecule has 4 heteroatoms. The topological polar surface area (TPSA) is 58.6 Å². The van der Waals surface area contributed by atoms with Gasteiger partial charge in [0.15, 0.2) is 0 Å². The van der Waals surface area contributed by atoms with E-state index in [0.717, 1.165) is 5.56 Å². The summed E-state index contributed by atoms with van der Waals surface area (Å²) in [6.07, 6.45) is 0. The molecule has 0 unspecified atom stereocenters. The Kier molecular flexibility index (Phi) is 4.39. The summed E-state index contributed by atoms with van der Waals surface area (Å²) in [6, 6.07) is 17.1. The molecule has 0 saturated heterocycles. The van der Waals surface area contributed by atoms with Crippen LogP contribution in [0.3, 0.4) is 0 Å². The summed E-state index contributed by atoms with van der Waals surface area (Å²) in [5, 5.41) is 11.5. The van der Waals surface area contributed by atoms with Crippen LogP contribution in [-0.4, -0.2) is 17.6 Å². The van der Waals surface area contributed by atoms with Gasteiger partial charge in [-0.3, -0.25) is 4.79 Å². The summed E-state index contributed by atoms with van der Waals surface area (Å²) in [5.41, 5.74) is 1.75. The molecule has 0 heterocycles.